The van der Waals surface area contributed by atoms with Gasteiger partial charge in [0.2, 0.25) is 11.6 Å². The number of rotatable bonds is 5. The van der Waals surface area contributed by atoms with Crippen molar-refractivity contribution in [2.75, 3.05) is 24.9 Å². The number of allylic oxidation sites excluding steroid dienone is 2. The Hall–Kier alpha value is -3.34. The van der Waals surface area contributed by atoms with Crippen LogP contribution in [0.4, 0.5) is 11.4 Å². The van der Waals surface area contributed by atoms with E-state index in [1.807, 2.05) is 0 Å². The first-order chi connectivity index (χ1) is 12.5. The van der Waals surface area contributed by atoms with Gasteiger partial charge in [-0.25, -0.2) is 9.00 Å². The minimum atomic E-state index is -2.82. The van der Waals surface area contributed by atoms with E-state index >= 15 is 0 Å². The summed E-state index contributed by atoms with van der Waals surface area (Å²) in [4.78, 5) is 47.1. The number of nitrogens with zero attached hydrogens (tertiary/aromatic N) is 2. The number of nitro benzene ring substituents is 1. The van der Waals surface area contributed by atoms with Crippen LogP contribution in [0.3, 0.4) is 0 Å². The van der Waals surface area contributed by atoms with E-state index in [4.69, 9.17) is 0 Å². The van der Waals surface area contributed by atoms with E-state index in [0.717, 1.165) is 13.2 Å². The third-order valence-corrected chi connectivity index (χ3v) is 3.90. The Morgan fingerprint density at radius 1 is 1.22 bits per heavy atom. The Morgan fingerprint density at radius 3 is 2.30 bits per heavy atom. The molecule has 0 atom stereocenters. The molecule has 0 radical (unpaired) electrons. The molecular weight excluding hydrogens is 378 g/mol. The molecule has 27 heavy (non-hydrogen) atoms. The van der Waals surface area contributed by atoms with Crippen LogP contribution >= 0.6 is 0 Å². The molecule has 0 bridgehead atoms. The Kier molecular flexibility index (Phi) is 5.55. The number of methoxy groups -OCH3 is 1. The van der Waals surface area contributed by atoms with Crippen molar-refractivity contribution in [1.29, 1.82) is 0 Å². The van der Waals surface area contributed by atoms with Crippen LogP contribution in [0.25, 0.3) is 0 Å². The van der Waals surface area contributed by atoms with Crippen LogP contribution in [0.5, 0.6) is 0 Å². The summed E-state index contributed by atoms with van der Waals surface area (Å²) >= 11 is 0. The first-order valence-corrected chi connectivity index (χ1v) is 9.68. The molecule has 1 aromatic rings. The second-order valence-corrected chi connectivity index (χ2v) is 8.21. The lowest BCUT2D eigenvalue weighted by Crippen LogP contribution is -2.28. The van der Waals surface area contributed by atoms with Gasteiger partial charge in [-0.3, -0.25) is 19.7 Å². The molecule has 0 spiro atoms. The Morgan fingerprint density at radius 2 is 1.81 bits per heavy atom. The van der Waals surface area contributed by atoms with Gasteiger partial charge in [-0.15, -0.1) is 0 Å². The molecule has 0 saturated heterocycles. The third kappa shape index (κ3) is 4.64. The number of Topliss-reactive ketones (excluding diaryl/α,β-unsaturated/α-hetero) is 1. The van der Waals surface area contributed by atoms with Crippen molar-refractivity contribution in [2.24, 2.45) is 4.36 Å². The van der Waals surface area contributed by atoms with Crippen LogP contribution in [-0.2, 0) is 28.8 Å². The number of ether oxygens (including phenoxy) is 1. The van der Waals surface area contributed by atoms with Gasteiger partial charge in [0.1, 0.15) is 11.3 Å². The highest BCUT2D eigenvalue weighted by molar-refractivity contribution is 7.92. The van der Waals surface area contributed by atoms with E-state index in [9.17, 15) is 28.7 Å². The highest BCUT2D eigenvalue weighted by atomic mass is 32.2. The molecule has 11 heteroatoms. The van der Waals surface area contributed by atoms with Gasteiger partial charge in [0, 0.05) is 46.1 Å². The lowest BCUT2D eigenvalue weighted by atomic mass is 9.97. The summed E-state index contributed by atoms with van der Waals surface area (Å²) in [6, 6.07) is 5.09. The Bertz CT molecular complexity index is 1020. The van der Waals surface area contributed by atoms with Crippen LogP contribution in [0.2, 0.25) is 0 Å². The maximum absolute atomic E-state index is 12.6. The average molecular weight is 393 g/mol. The van der Waals surface area contributed by atoms with Gasteiger partial charge in [0.25, 0.3) is 5.69 Å². The summed E-state index contributed by atoms with van der Waals surface area (Å²) in [5.74, 6) is -2.76. The normalized spacial score (nSPS) is 14.6. The molecule has 1 aliphatic rings. The van der Waals surface area contributed by atoms with Crippen LogP contribution in [0.1, 0.15) is 0 Å². The van der Waals surface area contributed by atoms with Crippen LogP contribution in [0, 0.1) is 10.1 Å². The van der Waals surface area contributed by atoms with Gasteiger partial charge in [-0.1, -0.05) is 0 Å². The van der Waals surface area contributed by atoms with Gasteiger partial charge in [0.15, 0.2) is 0 Å². The zero-order valence-electron chi connectivity index (χ0n) is 14.5. The molecule has 142 valence electrons. The van der Waals surface area contributed by atoms with Crippen LogP contribution < -0.4 is 5.32 Å². The van der Waals surface area contributed by atoms with Gasteiger partial charge in [-0.2, -0.15) is 4.36 Å². The minimum Gasteiger partial charge on any atom is -0.465 e. The Balaban J connectivity index is 2.45. The lowest BCUT2D eigenvalue weighted by Gasteiger charge is -2.17. The molecule has 0 heterocycles. The first-order valence-electron chi connectivity index (χ1n) is 7.35. The zero-order valence-corrected chi connectivity index (χ0v) is 15.4. The molecule has 1 aliphatic carbocycles. The number of ketones is 2. The van der Waals surface area contributed by atoms with E-state index in [-0.39, 0.29) is 17.1 Å². The summed E-state index contributed by atoms with van der Waals surface area (Å²) in [6.07, 6.45) is 3.42. The number of hydrogen-bond donors (Lipinski definition) is 1. The molecule has 0 fully saturated rings. The smallest absolute Gasteiger partial charge is 0.344 e. The van der Waals surface area contributed by atoms with Crippen LogP contribution in [-0.4, -0.2) is 46.3 Å². The predicted octanol–water partition coefficient (Wildman–Crippen LogP) is 1.20. The van der Waals surface area contributed by atoms with Crippen molar-refractivity contribution < 1.29 is 28.3 Å². The van der Waals surface area contributed by atoms with Gasteiger partial charge >= 0.3 is 5.97 Å². The third-order valence-electron chi connectivity index (χ3n) is 3.28. The van der Waals surface area contributed by atoms with Crippen molar-refractivity contribution in [3.8, 4) is 0 Å². The summed E-state index contributed by atoms with van der Waals surface area (Å²) < 4.78 is 20.2. The summed E-state index contributed by atoms with van der Waals surface area (Å²) in [5, 5.41) is 13.3. The van der Waals surface area contributed by atoms with E-state index in [2.05, 4.69) is 14.4 Å². The number of hydrogen-bond acceptors (Lipinski definition) is 9. The number of anilines is 1. The van der Waals surface area contributed by atoms with E-state index in [1.165, 1.54) is 36.8 Å². The number of nitrogens with one attached hydrogen (secondary N) is 1. The second-order valence-electron chi connectivity index (χ2n) is 5.67. The van der Waals surface area contributed by atoms with E-state index in [0.29, 0.717) is 0 Å². The van der Waals surface area contributed by atoms with Crippen molar-refractivity contribution in [2.45, 2.75) is 0 Å². The number of benzene rings is 1. The minimum absolute atomic E-state index is 0.155. The Labute approximate surface area is 154 Å². The summed E-state index contributed by atoms with van der Waals surface area (Å²) in [7, 11) is -1.79. The van der Waals surface area contributed by atoms with Crippen LogP contribution in [0.15, 0.2) is 51.7 Å². The fraction of sp³-hybridized carbons (Fsp3) is 0.188. The molecule has 1 N–H and O–H groups in total. The standard InChI is InChI=1S/C16H15N3O7S/c1-26-16(22)13-14(18-27(2,3)25)12(20)8-11(15(13)21)17-9-4-6-10(7-5-9)19(23)24/h4-8,17H,1-3H3. The van der Waals surface area contributed by atoms with Crippen molar-refractivity contribution >= 4 is 38.6 Å². The van der Waals surface area contributed by atoms with E-state index < -0.39 is 43.5 Å². The lowest BCUT2D eigenvalue weighted by molar-refractivity contribution is -0.384. The highest BCUT2D eigenvalue weighted by Gasteiger charge is 2.34. The molecule has 0 aliphatic heterocycles. The number of esters is 1. The molecule has 2 rings (SSSR count). The predicted molar refractivity (Wildman–Crippen MR) is 96.3 cm³/mol. The molecule has 0 saturated carbocycles. The fourth-order valence-electron chi connectivity index (χ4n) is 2.15. The summed E-state index contributed by atoms with van der Waals surface area (Å²) in [5.41, 5.74) is -1.28. The molecule has 0 unspecified atom stereocenters. The maximum atomic E-state index is 12.6. The quantitative estimate of drug-likeness (QED) is 0.258. The van der Waals surface area contributed by atoms with Crippen molar-refractivity contribution in [3.05, 3.63) is 57.4 Å². The highest BCUT2D eigenvalue weighted by Crippen LogP contribution is 2.25. The molecule has 1 aromatic carbocycles. The second kappa shape index (κ2) is 7.50. The number of nitro groups is 1. The fourth-order valence-corrected chi connectivity index (χ4v) is 2.77. The number of non-ortho nitro benzene ring substituents is 1. The molecule has 10 nitrogen and oxygen atoms in total. The number of carbonyl (C=O) groups is 3. The van der Waals surface area contributed by atoms with Crippen molar-refractivity contribution in [1.82, 2.24) is 0 Å². The van der Waals surface area contributed by atoms with Crippen molar-refractivity contribution in [3.63, 3.8) is 0 Å². The van der Waals surface area contributed by atoms with E-state index in [1.54, 1.807) is 0 Å². The summed E-state index contributed by atoms with van der Waals surface area (Å²) in [6.45, 7) is 0. The zero-order chi connectivity index (χ0) is 20.4. The van der Waals surface area contributed by atoms with Gasteiger partial charge < -0.3 is 10.1 Å². The molecule has 0 aromatic heterocycles. The molecular formula is C16H15N3O7S. The van der Waals surface area contributed by atoms with Gasteiger partial charge in [-0.05, 0) is 12.1 Å². The largest absolute Gasteiger partial charge is 0.465 e. The van der Waals surface area contributed by atoms with Gasteiger partial charge in [0.05, 0.1) is 17.7 Å². The molecule has 0 amide bonds. The first kappa shape index (κ1) is 20.0. The number of carbonyl (C=O) groups excluding carboxylic acids is 3. The SMILES string of the molecule is COC(=O)C1=C(N=S(C)(C)=O)C(=O)C=C(Nc2ccc([N+](=O)[O-])cc2)C1=O. The average Bonchev–Trinajstić information content (AvgIpc) is 2.58. The topological polar surface area (TPSA) is 145 Å². The maximum Gasteiger partial charge on any atom is 0.344 e. The monoisotopic (exact) mass is 393 g/mol.